The lowest BCUT2D eigenvalue weighted by atomic mass is 10.0. The summed E-state index contributed by atoms with van der Waals surface area (Å²) in [5.41, 5.74) is 11.9. The van der Waals surface area contributed by atoms with E-state index in [2.05, 4.69) is 15.0 Å². The van der Waals surface area contributed by atoms with Crippen LogP contribution in [-0.2, 0) is 0 Å². The molecule has 0 radical (unpaired) electrons. The first-order valence-electron chi connectivity index (χ1n) is 8.31. The van der Waals surface area contributed by atoms with Gasteiger partial charge in [0.2, 0.25) is 5.88 Å². The Morgan fingerprint density at radius 2 is 2.00 bits per heavy atom. The predicted octanol–water partition coefficient (Wildman–Crippen LogP) is 4.15. The van der Waals surface area contributed by atoms with Crippen molar-refractivity contribution in [3.05, 3.63) is 41.2 Å². The Kier molecular flexibility index (Phi) is 4.96. The summed E-state index contributed by atoms with van der Waals surface area (Å²) in [5.74, 6) is -0.941. The second kappa shape index (κ2) is 7.42. The van der Waals surface area contributed by atoms with E-state index in [1.807, 2.05) is 0 Å². The summed E-state index contributed by atoms with van der Waals surface area (Å²) in [6.45, 7) is 0.792. The van der Waals surface area contributed by atoms with E-state index in [0.717, 1.165) is 11.3 Å². The van der Waals surface area contributed by atoms with Crippen molar-refractivity contribution in [3.8, 4) is 17.0 Å². The second-order valence-corrected chi connectivity index (χ2v) is 7.38. The number of nitrogen functional groups attached to an aromatic ring is 1. The number of nitrogens with zero attached hydrogens (tertiary/aromatic N) is 3. The summed E-state index contributed by atoms with van der Waals surface area (Å²) in [6, 6.07) is 4.18. The molecule has 4 aromatic rings. The molecule has 0 spiro atoms. The van der Waals surface area contributed by atoms with Gasteiger partial charge < -0.3 is 16.2 Å². The third-order valence-corrected chi connectivity index (χ3v) is 5.34. The number of hydrogen-bond acceptors (Lipinski definition) is 7. The van der Waals surface area contributed by atoms with Crippen molar-refractivity contribution in [3.63, 3.8) is 0 Å². The molecule has 0 aliphatic heterocycles. The Morgan fingerprint density at radius 3 is 2.79 bits per heavy atom. The Morgan fingerprint density at radius 1 is 1.18 bits per heavy atom. The fraction of sp³-hybridized carbons (Fsp3) is 0.167. The lowest BCUT2D eigenvalue weighted by molar-refractivity contribution is 0.305. The first kappa shape index (κ1) is 18.7. The van der Waals surface area contributed by atoms with Crippen LogP contribution in [0.25, 0.3) is 32.2 Å². The van der Waals surface area contributed by atoms with Crippen LogP contribution in [0.5, 0.6) is 5.88 Å². The van der Waals surface area contributed by atoms with Crippen molar-refractivity contribution in [2.45, 2.75) is 6.42 Å². The Bertz CT molecular complexity index is 1200. The first-order chi connectivity index (χ1) is 13.5. The number of anilines is 1. The van der Waals surface area contributed by atoms with Gasteiger partial charge in [0, 0.05) is 11.1 Å². The average molecular weight is 422 g/mol. The van der Waals surface area contributed by atoms with Crippen LogP contribution in [0.4, 0.5) is 13.9 Å². The lowest BCUT2D eigenvalue weighted by Crippen LogP contribution is -2.07. The highest BCUT2D eigenvalue weighted by molar-refractivity contribution is 7.22. The number of ether oxygens (including phenoxy) is 1. The van der Waals surface area contributed by atoms with Gasteiger partial charge in [-0.15, -0.1) is 0 Å². The zero-order chi connectivity index (χ0) is 19.8. The molecule has 0 fully saturated rings. The van der Waals surface area contributed by atoms with Gasteiger partial charge in [0.05, 0.1) is 27.2 Å². The normalized spacial score (nSPS) is 11.4. The number of nitrogens with two attached hydrogens (primary N) is 2. The maximum atomic E-state index is 15.4. The molecule has 0 unspecified atom stereocenters. The highest BCUT2D eigenvalue weighted by Crippen LogP contribution is 2.41. The Labute approximate surface area is 167 Å². The molecule has 0 bridgehead atoms. The summed E-state index contributed by atoms with van der Waals surface area (Å²) in [5, 5.41) is 0.612. The lowest BCUT2D eigenvalue weighted by Gasteiger charge is -2.12. The monoisotopic (exact) mass is 421 g/mol. The van der Waals surface area contributed by atoms with E-state index in [9.17, 15) is 4.39 Å². The summed E-state index contributed by atoms with van der Waals surface area (Å²) in [6.07, 6.45) is 1.83. The number of fused-ring (bicyclic) bond motifs is 2. The van der Waals surface area contributed by atoms with Gasteiger partial charge in [0.25, 0.3) is 0 Å². The van der Waals surface area contributed by atoms with Crippen LogP contribution >= 0.6 is 22.9 Å². The molecule has 0 aliphatic carbocycles. The summed E-state index contributed by atoms with van der Waals surface area (Å²) in [4.78, 5) is 12.2. The van der Waals surface area contributed by atoms with Crippen molar-refractivity contribution in [1.29, 1.82) is 0 Å². The zero-order valence-electron chi connectivity index (χ0n) is 14.4. The Hall–Kier alpha value is -2.62. The van der Waals surface area contributed by atoms with E-state index in [1.165, 1.54) is 24.5 Å². The molecule has 0 saturated carbocycles. The van der Waals surface area contributed by atoms with Crippen LogP contribution in [0.1, 0.15) is 6.42 Å². The SMILES string of the molecule is NCCCOc1ncnc2c(F)c(-c3ccc(F)c4sc(N)nc34)c(Cl)cc12. The van der Waals surface area contributed by atoms with Gasteiger partial charge >= 0.3 is 0 Å². The van der Waals surface area contributed by atoms with Gasteiger partial charge in [-0.1, -0.05) is 22.9 Å². The third kappa shape index (κ3) is 3.11. The summed E-state index contributed by atoms with van der Waals surface area (Å²) >= 11 is 7.39. The minimum atomic E-state index is -0.673. The molecule has 2 aromatic carbocycles. The molecule has 0 amide bonds. The highest BCUT2D eigenvalue weighted by Gasteiger charge is 2.22. The van der Waals surface area contributed by atoms with Crippen LogP contribution in [0.15, 0.2) is 24.5 Å². The zero-order valence-corrected chi connectivity index (χ0v) is 15.9. The summed E-state index contributed by atoms with van der Waals surface area (Å²) in [7, 11) is 0. The number of thiazole rings is 1. The average Bonchev–Trinajstić information content (AvgIpc) is 3.07. The quantitative estimate of drug-likeness (QED) is 0.469. The topological polar surface area (TPSA) is 99.9 Å². The number of hydrogen-bond donors (Lipinski definition) is 2. The molecule has 0 aliphatic rings. The van der Waals surface area contributed by atoms with E-state index in [4.69, 9.17) is 27.8 Å². The first-order valence-corrected chi connectivity index (χ1v) is 9.51. The fourth-order valence-corrected chi connectivity index (χ4v) is 3.97. The molecule has 6 nitrogen and oxygen atoms in total. The molecule has 28 heavy (non-hydrogen) atoms. The largest absolute Gasteiger partial charge is 0.477 e. The number of halogens is 3. The third-order valence-electron chi connectivity index (χ3n) is 4.15. The van der Waals surface area contributed by atoms with Crippen LogP contribution in [0.2, 0.25) is 5.02 Å². The standard InChI is InChI=1S/C18H14ClF2N5OS/c19-10-6-9-14(24-7-25-17(9)27-5-1-4-22)13(21)12(10)8-2-3-11(20)16-15(8)26-18(23)28-16/h2-3,6-7H,1,4-5,22H2,(H2,23,26). The number of rotatable bonds is 5. The van der Waals surface area contributed by atoms with E-state index < -0.39 is 11.6 Å². The van der Waals surface area contributed by atoms with Gasteiger partial charge in [-0.3, -0.25) is 0 Å². The van der Waals surface area contributed by atoms with Crippen molar-refractivity contribution >= 4 is 49.2 Å². The molecule has 4 rings (SSSR count). The van der Waals surface area contributed by atoms with Crippen LogP contribution in [-0.4, -0.2) is 28.1 Å². The van der Waals surface area contributed by atoms with Gasteiger partial charge in [-0.2, -0.15) is 0 Å². The van der Waals surface area contributed by atoms with Gasteiger partial charge in [0.15, 0.2) is 10.9 Å². The molecule has 2 aromatic heterocycles. The van der Waals surface area contributed by atoms with E-state index in [0.29, 0.717) is 30.5 Å². The van der Waals surface area contributed by atoms with Crippen molar-refractivity contribution in [2.75, 3.05) is 18.9 Å². The summed E-state index contributed by atoms with van der Waals surface area (Å²) < 4.78 is 35.3. The van der Waals surface area contributed by atoms with Crippen molar-refractivity contribution < 1.29 is 13.5 Å². The van der Waals surface area contributed by atoms with Gasteiger partial charge in [-0.05, 0) is 31.2 Å². The van der Waals surface area contributed by atoms with E-state index in [1.54, 1.807) is 0 Å². The second-order valence-electron chi connectivity index (χ2n) is 5.94. The fourth-order valence-electron chi connectivity index (χ4n) is 2.91. The molecule has 10 heteroatoms. The minimum absolute atomic E-state index is 0.0397. The maximum Gasteiger partial charge on any atom is 0.224 e. The molecular formula is C18H14ClF2N5OS. The molecule has 4 N–H and O–H groups in total. The smallest absolute Gasteiger partial charge is 0.224 e. The Balaban J connectivity index is 1.93. The number of aromatic nitrogens is 3. The minimum Gasteiger partial charge on any atom is -0.477 e. The molecule has 2 heterocycles. The van der Waals surface area contributed by atoms with E-state index >= 15 is 4.39 Å². The van der Waals surface area contributed by atoms with Crippen LogP contribution < -0.4 is 16.2 Å². The van der Waals surface area contributed by atoms with Crippen molar-refractivity contribution in [1.82, 2.24) is 15.0 Å². The van der Waals surface area contributed by atoms with Crippen molar-refractivity contribution in [2.24, 2.45) is 5.73 Å². The molecule has 0 atom stereocenters. The molecule has 144 valence electrons. The van der Waals surface area contributed by atoms with Crippen LogP contribution in [0.3, 0.4) is 0 Å². The maximum absolute atomic E-state index is 15.4. The van der Waals surface area contributed by atoms with Gasteiger partial charge in [0.1, 0.15) is 17.7 Å². The van der Waals surface area contributed by atoms with Crippen LogP contribution in [0, 0.1) is 11.6 Å². The molecular weight excluding hydrogens is 408 g/mol. The molecule has 0 saturated heterocycles. The van der Waals surface area contributed by atoms with Gasteiger partial charge in [-0.25, -0.2) is 23.7 Å². The predicted molar refractivity (Wildman–Crippen MR) is 107 cm³/mol. The highest BCUT2D eigenvalue weighted by atomic mass is 35.5. The number of benzene rings is 2. The van der Waals surface area contributed by atoms with E-state index in [-0.39, 0.29) is 37.3 Å².